The van der Waals surface area contributed by atoms with Crippen LogP contribution in [0.1, 0.15) is 18.5 Å². The molecule has 1 fully saturated rings. The summed E-state index contributed by atoms with van der Waals surface area (Å²) in [6, 6.07) is 16.5. The van der Waals surface area contributed by atoms with Gasteiger partial charge in [0.1, 0.15) is 0 Å². The van der Waals surface area contributed by atoms with Crippen molar-refractivity contribution in [1.82, 2.24) is 10.2 Å². The van der Waals surface area contributed by atoms with Crippen molar-refractivity contribution in [1.29, 1.82) is 0 Å². The van der Waals surface area contributed by atoms with Crippen LogP contribution in [0.3, 0.4) is 0 Å². The Bertz CT molecular complexity index is 807. The average molecular weight is 413 g/mol. The number of hydrogen-bond acceptors (Lipinski definition) is 5. The van der Waals surface area contributed by atoms with Crippen LogP contribution >= 0.6 is 0 Å². The lowest BCUT2D eigenvalue weighted by atomic mass is 10.1. The molecule has 2 N–H and O–H groups in total. The number of aliphatic imine (C=N–C) groups is 1. The molecule has 0 aromatic heterocycles. The molecule has 2 aromatic rings. The third kappa shape index (κ3) is 5.87. The lowest BCUT2D eigenvalue weighted by Crippen LogP contribution is -2.40. The van der Waals surface area contributed by atoms with Crippen LogP contribution in [-0.2, 0) is 4.74 Å². The first-order valence-corrected chi connectivity index (χ1v) is 10.4. The molecule has 3 rings (SSSR count). The normalized spacial score (nSPS) is 16.0. The molecule has 0 amide bonds. The van der Waals surface area contributed by atoms with Gasteiger partial charge in [0.05, 0.1) is 40.0 Å². The Morgan fingerprint density at radius 3 is 2.47 bits per heavy atom. The molecule has 0 aliphatic carbocycles. The third-order valence-corrected chi connectivity index (χ3v) is 5.08. The lowest BCUT2D eigenvalue weighted by molar-refractivity contribution is 0.0180. The molecule has 0 saturated carbocycles. The summed E-state index contributed by atoms with van der Waals surface area (Å²) in [6.07, 6.45) is 0. The van der Waals surface area contributed by atoms with Gasteiger partial charge in [-0.3, -0.25) is 9.89 Å². The first-order chi connectivity index (χ1) is 14.7. The Morgan fingerprint density at radius 2 is 1.80 bits per heavy atom. The van der Waals surface area contributed by atoms with E-state index in [4.69, 9.17) is 19.2 Å². The third-order valence-electron chi connectivity index (χ3n) is 5.08. The minimum Gasteiger partial charge on any atom is -0.493 e. The molecule has 1 unspecified atom stereocenters. The standard InChI is InChI=1S/C23H32N4O3/c1-4-24-23(26-19-10-11-21(28-2)22(16-19)29-3)25-17-20(18-8-6-5-7-9-18)27-12-14-30-15-13-27/h5-11,16,20H,4,12-15,17H2,1-3H3,(H2,24,25,26). The van der Waals surface area contributed by atoms with E-state index in [0.717, 1.165) is 44.5 Å². The number of guanidine groups is 1. The molecule has 7 nitrogen and oxygen atoms in total. The van der Waals surface area contributed by atoms with Crippen LogP contribution in [0.15, 0.2) is 53.5 Å². The van der Waals surface area contributed by atoms with E-state index in [1.807, 2.05) is 24.3 Å². The van der Waals surface area contributed by atoms with Crippen LogP contribution in [0.2, 0.25) is 0 Å². The van der Waals surface area contributed by atoms with Gasteiger partial charge in [0, 0.05) is 31.4 Å². The fraction of sp³-hybridized carbons (Fsp3) is 0.435. The Labute approximate surface area is 179 Å². The molecule has 1 heterocycles. The largest absolute Gasteiger partial charge is 0.493 e. The number of nitrogens with zero attached hydrogens (tertiary/aromatic N) is 2. The van der Waals surface area contributed by atoms with E-state index in [2.05, 4.69) is 46.7 Å². The molecule has 0 radical (unpaired) electrons. The van der Waals surface area contributed by atoms with E-state index in [0.29, 0.717) is 18.0 Å². The monoisotopic (exact) mass is 412 g/mol. The number of methoxy groups -OCH3 is 2. The zero-order chi connectivity index (χ0) is 21.2. The topological polar surface area (TPSA) is 67.4 Å². The number of anilines is 1. The van der Waals surface area contributed by atoms with Crippen LogP contribution in [0, 0.1) is 0 Å². The molecule has 1 atom stereocenters. The molecule has 30 heavy (non-hydrogen) atoms. The second kappa shape index (κ2) is 11.4. The van der Waals surface area contributed by atoms with Crippen molar-refractivity contribution in [2.45, 2.75) is 13.0 Å². The van der Waals surface area contributed by atoms with Crippen molar-refractivity contribution in [2.75, 3.05) is 58.9 Å². The summed E-state index contributed by atoms with van der Waals surface area (Å²) in [4.78, 5) is 7.35. The first-order valence-electron chi connectivity index (χ1n) is 10.4. The number of ether oxygens (including phenoxy) is 3. The van der Waals surface area contributed by atoms with Gasteiger partial charge in [0.2, 0.25) is 0 Å². The van der Waals surface area contributed by atoms with Crippen molar-refractivity contribution in [3.8, 4) is 11.5 Å². The van der Waals surface area contributed by atoms with Crippen molar-refractivity contribution < 1.29 is 14.2 Å². The molecule has 0 bridgehead atoms. The Kier molecular flexibility index (Phi) is 8.35. The van der Waals surface area contributed by atoms with Gasteiger partial charge in [-0.15, -0.1) is 0 Å². The SMILES string of the molecule is CCNC(=NCC(c1ccccc1)N1CCOCC1)Nc1ccc(OC)c(OC)c1. The summed E-state index contributed by atoms with van der Waals surface area (Å²) in [6.45, 7) is 6.82. The Morgan fingerprint density at radius 1 is 1.07 bits per heavy atom. The van der Waals surface area contributed by atoms with Crippen molar-refractivity contribution in [3.05, 3.63) is 54.1 Å². The number of morpholine rings is 1. The predicted molar refractivity (Wildman–Crippen MR) is 121 cm³/mol. The summed E-state index contributed by atoms with van der Waals surface area (Å²) in [7, 11) is 3.26. The number of nitrogens with one attached hydrogen (secondary N) is 2. The Balaban J connectivity index is 1.78. The summed E-state index contributed by atoms with van der Waals surface area (Å²) in [5.41, 5.74) is 2.15. The molecule has 1 saturated heterocycles. The quantitative estimate of drug-likeness (QED) is 0.513. The predicted octanol–water partition coefficient (Wildman–Crippen LogP) is 3.15. The maximum Gasteiger partial charge on any atom is 0.195 e. The fourth-order valence-corrected chi connectivity index (χ4v) is 3.53. The number of rotatable bonds is 8. The number of hydrogen-bond donors (Lipinski definition) is 2. The highest BCUT2D eigenvalue weighted by Gasteiger charge is 2.22. The summed E-state index contributed by atoms with van der Waals surface area (Å²) >= 11 is 0. The highest BCUT2D eigenvalue weighted by atomic mass is 16.5. The average Bonchev–Trinajstić information content (AvgIpc) is 2.80. The van der Waals surface area contributed by atoms with Crippen molar-refractivity contribution >= 4 is 11.6 Å². The first kappa shape index (κ1) is 21.9. The zero-order valence-corrected chi connectivity index (χ0v) is 18.1. The fourth-order valence-electron chi connectivity index (χ4n) is 3.53. The van der Waals surface area contributed by atoms with Gasteiger partial charge in [0.15, 0.2) is 17.5 Å². The molecule has 162 valence electrons. The maximum absolute atomic E-state index is 5.55. The minimum absolute atomic E-state index is 0.205. The number of benzene rings is 2. The van der Waals surface area contributed by atoms with Gasteiger partial charge in [-0.1, -0.05) is 30.3 Å². The summed E-state index contributed by atoms with van der Waals surface area (Å²) < 4.78 is 16.3. The van der Waals surface area contributed by atoms with Gasteiger partial charge in [0.25, 0.3) is 0 Å². The molecule has 1 aliphatic heterocycles. The van der Waals surface area contributed by atoms with E-state index >= 15 is 0 Å². The molecule has 0 spiro atoms. The molecule has 7 heteroatoms. The van der Waals surface area contributed by atoms with Gasteiger partial charge >= 0.3 is 0 Å². The van der Waals surface area contributed by atoms with Crippen LogP contribution in [0.25, 0.3) is 0 Å². The molecule has 2 aromatic carbocycles. The molecular formula is C23H32N4O3. The summed E-state index contributed by atoms with van der Waals surface area (Å²) in [5, 5.41) is 6.71. The van der Waals surface area contributed by atoms with Gasteiger partial charge in [-0.25, -0.2) is 0 Å². The smallest absolute Gasteiger partial charge is 0.195 e. The van der Waals surface area contributed by atoms with Gasteiger partial charge < -0.3 is 24.8 Å². The van der Waals surface area contributed by atoms with Gasteiger partial charge in [-0.2, -0.15) is 0 Å². The van der Waals surface area contributed by atoms with E-state index in [1.54, 1.807) is 14.2 Å². The maximum atomic E-state index is 5.55. The lowest BCUT2D eigenvalue weighted by Gasteiger charge is -2.34. The second-order valence-electron chi connectivity index (χ2n) is 6.99. The Hall–Kier alpha value is -2.77. The molecule has 1 aliphatic rings. The van der Waals surface area contributed by atoms with E-state index in [1.165, 1.54) is 5.56 Å². The van der Waals surface area contributed by atoms with Crippen LogP contribution < -0.4 is 20.1 Å². The highest BCUT2D eigenvalue weighted by molar-refractivity contribution is 5.94. The van der Waals surface area contributed by atoms with Crippen molar-refractivity contribution in [3.63, 3.8) is 0 Å². The van der Waals surface area contributed by atoms with Crippen LogP contribution in [-0.4, -0.2) is 64.5 Å². The summed E-state index contributed by atoms with van der Waals surface area (Å²) in [5.74, 6) is 2.11. The van der Waals surface area contributed by atoms with Crippen LogP contribution in [0.4, 0.5) is 5.69 Å². The highest BCUT2D eigenvalue weighted by Crippen LogP contribution is 2.29. The zero-order valence-electron chi connectivity index (χ0n) is 18.1. The van der Waals surface area contributed by atoms with E-state index in [-0.39, 0.29) is 6.04 Å². The van der Waals surface area contributed by atoms with Crippen molar-refractivity contribution in [2.24, 2.45) is 4.99 Å². The van der Waals surface area contributed by atoms with E-state index < -0.39 is 0 Å². The van der Waals surface area contributed by atoms with Crippen LogP contribution in [0.5, 0.6) is 11.5 Å². The second-order valence-corrected chi connectivity index (χ2v) is 6.99. The van der Waals surface area contributed by atoms with Gasteiger partial charge in [-0.05, 0) is 24.6 Å². The minimum atomic E-state index is 0.205. The molecular weight excluding hydrogens is 380 g/mol. The van der Waals surface area contributed by atoms with E-state index in [9.17, 15) is 0 Å².